The molecule has 4 N–H and O–H groups in total. The van der Waals surface area contributed by atoms with Gasteiger partial charge >= 0.3 is 0 Å². The fourth-order valence-electron chi connectivity index (χ4n) is 4.80. The van der Waals surface area contributed by atoms with Crippen LogP contribution >= 0.6 is 0 Å². The SMILES string of the molecule is CC1CCC(C)C(NC(=O)c2ccc(C3CC3)cc2)CC1.Cc1cnc(C(N)=O)c(Nc2cnn(C)c2)n1. The summed E-state index contributed by atoms with van der Waals surface area (Å²) in [7, 11) is 1.79. The van der Waals surface area contributed by atoms with Crippen molar-refractivity contribution in [1.29, 1.82) is 0 Å². The molecule has 0 spiro atoms. The summed E-state index contributed by atoms with van der Waals surface area (Å²) in [5, 5.41) is 10.2. The van der Waals surface area contributed by atoms with Crippen LogP contribution in [0, 0.1) is 18.8 Å². The molecule has 2 aliphatic rings. The lowest BCUT2D eigenvalue weighted by Gasteiger charge is -2.22. The van der Waals surface area contributed by atoms with Gasteiger partial charge in [0.1, 0.15) is 0 Å². The van der Waals surface area contributed by atoms with Gasteiger partial charge in [0.05, 0.1) is 17.6 Å². The summed E-state index contributed by atoms with van der Waals surface area (Å²) < 4.78 is 1.63. The van der Waals surface area contributed by atoms with E-state index in [1.165, 1.54) is 43.9 Å². The van der Waals surface area contributed by atoms with Crippen molar-refractivity contribution in [2.75, 3.05) is 5.32 Å². The number of amides is 2. The van der Waals surface area contributed by atoms with Crippen LogP contribution in [0.5, 0.6) is 0 Å². The fraction of sp³-hybridized carbons (Fsp3) is 0.483. The number of hydrogen-bond acceptors (Lipinski definition) is 6. The number of anilines is 2. The maximum atomic E-state index is 12.4. The molecule has 3 aromatic rings. The van der Waals surface area contributed by atoms with Crippen molar-refractivity contribution in [3.8, 4) is 0 Å². The van der Waals surface area contributed by atoms with Gasteiger partial charge in [-0.1, -0.05) is 32.4 Å². The van der Waals surface area contributed by atoms with Crippen LogP contribution in [0.25, 0.3) is 0 Å². The number of carbonyl (C=O) groups is 2. The highest BCUT2D eigenvalue weighted by Gasteiger charge is 2.26. The average molecular weight is 518 g/mol. The van der Waals surface area contributed by atoms with Crippen molar-refractivity contribution >= 4 is 23.3 Å². The molecule has 3 unspecified atom stereocenters. The molecule has 2 amide bonds. The van der Waals surface area contributed by atoms with Crippen LogP contribution in [0.15, 0.2) is 42.9 Å². The maximum Gasteiger partial charge on any atom is 0.271 e. The number of rotatable bonds is 6. The third-order valence-corrected chi connectivity index (χ3v) is 7.40. The van der Waals surface area contributed by atoms with E-state index < -0.39 is 5.91 Å². The number of aromatic nitrogens is 4. The Morgan fingerprint density at radius 3 is 2.34 bits per heavy atom. The Balaban J connectivity index is 0.000000181. The van der Waals surface area contributed by atoms with Gasteiger partial charge in [-0.3, -0.25) is 14.3 Å². The number of benzene rings is 1. The van der Waals surface area contributed by atoms with E-state index in [1.54, 1.807) is 31.0 Å². The Morgan fingerprint density at radius 2 is 1.71 bits per heavy atom. The van der Waals surface area contributed by atoms with E-state index in [1.807, 2.05) is 12.1 Å². The lowest BCUT2D eigenvalue weighted by molar-refractivity contribution is 0.0920. The molecular formula is C29H39N7O2. The lowest BCUT2D eigenvalue weighted by atomic mass is 9.96. The first kappa shape index (κ1) is 27.3. The predicted octanol–water partition coefficient (Wildman–Crippen LogP) is 4.87. The van der Waals surface area contributed by atoms with E-state index in [2.05, 4.69) is 51.7 Å². The molecule has 0 radical (unpaired) electrons. The Morgan fingerprint density at radius 1 is 1.00 bits per heavy atom. The van der Waals surface area contributed by atoms with Crippen LogP contribution in [-0.2, 0) is 7.05 Å². The van der Waals surface area contributed by atoms with E-state index in [-0.39, 0.29) is 11.6 Å². The van der Waals surface area contributed by atoms with E-state index in [0.29, 0.717) is 23.5 Å². The quantitative estimate of drug-likeness (QED) is 0.400. The first-order valence-electron chi connectivity index (χ1n) is 13.5. The van der Waals surface area contributed by atoms with Gasteiger partial charge in [0.15, 0.2) is 11.5 Å². The molecule has 2 aliphatic carbocycles. The number of hydrogen-bond donors (Lipinski definition) is 3. The molecule has 38 heavy (non-hydrogen) atoms. The Labute approximate surface area is 224 Å². The molecule has 9 nitrogen and oxygen atoms in total. The van der Waals surface area contributed by atoms with Gasteiger partial charge in [-0.05, 0) is 74.5 Å². The van der Waals surface area contributed by atoms with Gasteiger partial charge in [0, 0.05) is 31.0 Å². The smallest absolute Gasteiger partial charge is 0.271 e. The summed E-state index contributed by atoms with van der Waals surface area (Å²) in [6, 6.07) is 8.58. The standard InChI is InChI=1S/C19H27NO.C10H12N6O/c1-13-3-5-14(2)18(12-4-13)20-19(21)17-10-8-16(9-11-17)15-6-7-15;1-6-3-12-8(9(11)17)10(14-6)15-7-4-13-16(2)5-7/h8-11,13-15,18H,3-7,12H2,1-2H3,(H,20,21);3-5H,1-2H3,(H2,11,17)(H,14,15). The summed E-state index contributed by atoms with van der Waals surface area (Å²) in [5.74, 6) is 1.96. The van der Waals surface area contributed by atoms with Crippen LogP contribution in [0.4, 0.5) is 11.5 Å². The molecule has 2 aromatic heterocycles. The first-order valence-corrected chi connectivity index (χ1v) is 13.5. The fourth-order valence-corrected chi connectivity index (χ4v) is 4.80. The van der Waals surface area contributed by atoms with Crippen molar-refractivity contribution in [3.05, 3.63) is 65.4 Å². The monoisotopic (exact) mass is 517 g/mol. The van der Waals surface area contributed by atoms with Crippen LogP contribution in [-0.4, -0.2) is 37.6 Å². The molecule has 3 atom stereocenters. The minimum Gasteiger partial charge on any atom is -0.364 e. The van der Waals surface area contributed by atoms with Gasteiger partial charge in [-0.25, -0.2) is 9.97 Å². The van der Waals surface area contributed by atoms with Gasteiger partial charge in [-0.15, -0.1) is 0 Å². The van der Waals surface area contributed by atoms with Crippen LogP contribution < -0.4 is 16.4 Å². The zero-order chi connectivity index (χ0) is 27.2. The molecular weight excluding hydrogens is 478 g/mol. The molecule has 0 aliphatic heterocycles. The molecule has 2 heterocycles. The first-order chi connectivity index (χ1) is 18.2. The molecule has 2 fully saturated rings. The number of nitrogens with one attached hydrogen (secondary N) is 2. The van der Waals surface area contributed by atoms with Crippen LogP contribution in [0.2, 0.25) is 0 Å². The molecule has 5 rings (SSSR count). The van der Waals surface area contributed by atoms with E-state index in [0.717, 1.165) is 29.5 Å². The van der Waals surface area contributed by atoms with Crippen LogP contribution in [0.3, 0.4) is 0 Å². The number of nitrogens with zero attached hydrogens (tertiary/aromatic N) is 4. The minimum atomic E-state index is -0.621. The molecule has 0 bridgehead atoms. The second-order valence-electron chi connectivity index (χ2n) is 10.8. The van der Waals surface area contributed by atoms with E-state index >= 15 is 0 Å². The van der Waals surface area contributed by atoms with Gasteiger partial charge < -0.3 is 16.4 Å². The summed E-state index contributed by atoms with van der Waals surface area (Å²) in [4.78, 5) is 31.8. The molecule has 202 valence electrons. The number of nitrogens with two attached hydrogens (primary N) is 1. The number of aryl methyl sites for hydroxylation is 2. The highest BCUT2D eigenvalue weighted by molar-refractivity contribution is 5.96. The van der Waals surface area contributed by atoms with Crippen molar-refractivity contribution in [2.24, 2.45) is 24.6 Å². The number of primary amides is 1. The van der Waals surface area contributed by atoms with Gasteiger partial charge in [-0.2, -0.15) is 5.10 Å². The molecule has 0 saturated heterocycles. The maximum absolute atomic E-state index is 12.4. The minimum absolute atomic E-state index is 0.101. The zero-order valence-corrected chi connectivity index (χ0v) is 22.8. The lowest BCUT2D eigenvalue weighted by Crippen LogP contribution is -2.38. The second kappa shape index (κ2) is 12.2. The normalized spacial score (nSPS) is 21.0. The van der Waals surface area contributed by atoms with Crippen molar-refractivity contribution in [3.63, 3.8) is 0 Å². The summed E-state index contributed by atoms with van der Waals surface area (Å²) in [6.45, 7) is 6.39. The Kier molecular flexibility index (Phi) is 8.76. The predicted molar refractivity (Wildman–Crippen MR) is 148 cm³/mol. The molecule has 9 heteroatoms. The van der Waals surface area contributed by atoms with Gasteiger partial charge in [0.25, 0.3) is 11.8 Å². The zero-order valence-electron chi connectivity index (χ0n) is 22.8. The highest BCUT2D eigenvalue weighted by atomic mass is 16.2. The second-order valence-corrected chi connectivity index (χ2v) is 10.8. The third-order valence-electron chi connectivity index (χ3n) is 7.40. The third kappa shape index (κ3) is 7.40. The van der Waals surface area contributed by atoms with Crippen molar-refractivity contribution in [1.82, 2.24) is 25.1 Å². The summed E-state index contributed by atoms with van der Waals surface area (Å²) >= 11 is 0. The number of carbonyl (C=O) groups excluding carboxylic acids is 2. The van der Waals surface area contributed by atoms with E-state index in [4.69, 9.17) is 5.73 Å². The Bertz CT molecular complexity index is 1250. The Hall–Kier alpha value is -3.75. The molecule has 2 saturated carbocycles. The average Bonchev–Trinajstić information content (AvgIpc) is 3.68. The van der Waals surface area contributed by atoms with Crippen molar-refractivity contribution < 1.29 is 9.59 Å². The highest BCUT2D eigenvalue weighted by Crippen LogP contribution is 2.39. The van der Waals surface area contributed by atoms with Crippen molar-refractivity contribution in [2.45, 2.75) is 71.3 Å². The van der Waals surface area contributed by atoms with Gasteiger partial charge in [0.2, 0.25) is 0 Å². The largest absolute Gasteiger partial charge is 0.364 e. The topological polar surface area (TPSA) is 128 Å². The van der Waals surface area contributed by atoms with E-state index in [9.17, 15) is 9.59 Å². The molecule has 1 aromatic carbocycles. The summed E-state index contributed by atoms with van der Waals surface area (Å²) in [6.07, 6.45) is 12.4. The van der Waals surface area contributed by atoms with Crippen LogP contribution in [0.1, 0.15) is 90.4 Å². The summed E-state index contributed by atoms with van der Waals surface area (Å²) in [5.41, 5.74) is 8.95.